The number of Topliss-reactive ketones (excluding diaryl/α,β-unsaturated/α-hetero) is 1. The van der Waals surface area contributed by atoms with E-state index in [1.54, 1.807) is 19.9 Å². The first kappa shape index (κ1) is 24.5. The van der Waals surface area contributed by atoms with Crippen LogP contribution in [0.2, 0.25) is 0 Å². The molecule has 1 saturated heterocycles. The molecule has 1 unspecified atom stereocenters. The van der Waals surface area contributed by atoms with Gasteiger partial charge in [-0.3, -0.25) is 9.59 Å². The number of carbonyl (C=O) groups is 2. The molecule has 9 heteroatoms. The van der Waals surface area contributed by atoms with Crippen molar-refractivity contribution in [3.8, 4) is 0 Å². The fourth-order valence-electron chi connectivity index (χ4n) is 7.83. The Labute approximate surface area is 213 Å². The minimum Gasteiger partial charge on any atom is -0.344 e. The third-order valence-electron chi connectivity index (χ3n) is 9.14. The van der Waals surface area contributed by atoms with E-state index in [4.69, 9.17) is 55.9 Å². The summed E-state index contributed by atoms with van der Waals surface area (Å²) in [5.74, 6) is -2.45. The standard InChI is InChI=1S/C24H27Cl4FO4/c1-20(2)32-17-9-12-13-8-15(25)14-7-11(30)5-6-21(14,3)23(13,28)16(26)10-22(12,4)24(17,33-20)18(31)19(27)29/h5-7,12-13,15-17,19H,8-10H2,1-4H3/t12-,13-,15-,16-,17+,19?,21-,22-,23-,24-/m0/s1. The fourth-order valence-corrected chi connectivity index (χ4v) is 9.68. The molecule has 4 nitrogen and oxygen atoms in total. The Bertz CT molecular complexity index is 997. The van der Waals surface area contributed by atoms with Gasteiger partial charge in [-0.25, -0.2) is 4.39 Å². The molecule has 0 amide bonds. The van der Waals surface area contributed by atoms with Crippen LogP contribution in [-0.4, -0.2) is 50.3 Å². The van der Waals surface area contributed by atoms with Crippen LogP contribution in [0.25, 0.3) is 0 Å². The monoisotopic (exact) mass is 538 g/mol. The highest BCUT2D eigenvalue weighted by Crippen LogP contribution is 2.74. The Kier molecular flexibility index (Phi) is 5.35. The molecule has 0 radical (unpaired) electrons. The van der Waals surface area contributed by atoms with Gasteiger partial charge in [0.05, 0.1) is 21.7 Å². The highest BCUT2D eigenvalue weighted by atomic mass is 35.5. The van der Waals surface area contributed by atoms with Crippen molar-refractivity contribution in [1.82, 2.24) is 0 Å². The Morgan fingerprint density at radius 1 is 1.18 bits per heavy atom. The maximum absolute atomic E-state index is 14.4. The van der Waals surface area contributed by atoms with Crippen LogP contribution >= 0.6 is 46.4 Å². The number of ketones is 2. The molecule has 0 bridgehead atoms. The van der Waals surface area contributed by atoms with Crippen LogP contribution in [0.3, 0.4) is 0 Å². The van der Waals surface area contributed by atoms with Gasteiger partial charge in [0.1, 0.15) is 0 Å². The molecular weight excluding hydrogens is 513 g/mol. The molecule has 1 heterocycles. The Morgan fingerprint density at radius 2 is 1.85 bits per heavy atom. The van der Waals surface area contributed by atoms with Crippen LogP contribution in [0.5, 0.6) is 0 Å². The van der Waals surface area contributed by atoms with E-state index >= 15 is 0 Å². The van der Waals surface area contributed by atoms with Gasteiger partial charge in [-0.05, 0) is 62.7 Å². The zero-order valence-electron chi connectivity index (χ0n) is 18.8. The van der Waals surface area contributed by atoms with Gasteiger partial charge < -0.3 is 9.47 Å². The van der Waals surface area contributed by atoms with Crippen LogP contribution in [-0.2, 0) is 19.1 Å². The molecule has 182 valence electrons. The van der Waals surface area contributed by atoms with Crippen LogP contribution < -0.4 is 0 Å². The molecule has 5 aliphatic rings. The molecule has 0 aromatic carbocycles. The molecule has 0 aromatic heterocycles. The number of hydrogen-bond donors (Lipinski definition) is 0. The molecule has 1 aliphatic heterocycles. The summed E-state index contributed by atoms with van der Waals surface area (Å²) in [4.78, 5) is 24.5. The summed E-state index contributed by atoms with van der Waals surface area (Å²) < 4.78 is 26.9. The summed E-state index contributed by atoms with van der Waals surface area (Å²) in [6.45, 7) is 7.31. The number of alkyl halides is 5. The highest BCUT2D eigenvalue weighted by Gasteiger charge is 2.80. The predicted molar refractivity (Wildman–Crippen MR) is 126 cm³/mol. The van der Waals surface area contributed by atoms with E-state index < -0.39 is 55.4 Å². The Morgan fingerprint density at radius 3 is 2.48 bits per heavy atom. The first-order valence-electron chi connectivity index (χ1n) is 11.3. The molecule has 4 fully saturated rings. The lowest BCUT2D eigenvalue weighted by atomic mass is 9.46. The average Bonchev–Trinajstić information content (AvgIpc) is 3.11. The van der Waals surface area contributed by atoms with Gasteiger partial charge in [0.15, 0.2) is 17.2 Å². The second-order valence-corrected chi connectivity index (χ2v) is 13.1. The average molecular weight is 540 g/mol. The number of allylic oxidation sites excluding steroid dienone is 4. The maximum atomic E-state index is 14.4. The van der Waals surface area contributed by atoms with Crippen LogP contribution in [0.1, 0.15) is 47.0 Å². The number of rotatable bonds is 2. The van der Waals surface area contributed by atoms with Gasteiger partial charge in [0, 0.05) is 10.8 Å². The third-order valence-corrected chi connectivity index (χ3v) is 11.3. The van der Waals surface area contributed by atoms with Gasteiger partial charge in [0.25, 0.3) is 0 Å². The predicted octanol–water partition coefficient (Wildman–Crippen LogP) is 5.69. The summed E-state index contributed by atoms with van der Waals surface area (Å²) in [6.07, 6.45) is 5.43. The van der Waals surface area contributed by atoms with E-state index in [2.05, 4.69) is 0 Å². The maximum Gasteiger partial charge on any atom is 0.234 e. The van der Waals surface area contributed by atoms with Crippen LogP contribution in [0.15, 0.2) is 23.8 Å². The van der Waals surface area contributed by atoms with E-state index in [1.165, 1.54) is 6.08 Å². The lowest BCUT2D eigenvalue weighted by molar-refractivity contribution is -0.213. The highest BCUT2D eigenvalue weighted by molar-refractivity contribution is 6.35. The molecular formula is C24H27Cl4FO4. The number of fused-ring (bicyclic) bond motifs is 7. The largest absolute Gasteiger partial charge is 0.344 e. The van der Waals surface area contributed by atoms with Gasteiger partial charge in [-0.15, -0.1) is 34.8 Å². The molecule has 4 aliphatic carbocycles. The summed E-state index contributed by atoms with van der Waals surface area (Å²) in [5.41, 5.74) is -4.68. The zero-order chi connectivity index (χ0) is 24.4. The number of carbonyl (C=O) groups excluding carboxylic acids is 2. The minimum atomic E-state index is -2.23. The smallest absolute Gasteiger partial charge is 0.234 e. The van der Waals surface area contributed by atoms with Crippen molar-refractivity contribution in [2.45, 2.75) is 85.7 Å². The van der Waals surface area contributed by atoms with E-state index in [9.17, 15) is 14.0 Å². The Balaban J connectivity index is 1.67. The zero-order valence-corrected chi connectivity index (χ0v) is 21.9. The third kappa shape index (κ3) is 2.84. The van der Waals surface area contributed by atoms with Crippen molar-refractivity contribution < 1.29 is 23.5 Å². The van der Waals surface area contributed by atoms with E-state index in [0.29, 0.717) is 19.3 Å². The van der Waals surface area contributed by atoms with Crippen molar-refractivity contribution in [1.29, 1.82) is 0 Å². The molecule has 10 atom stereocenters. The number of halogens is 5. The molecule has 0 aromatic rings. The van der Waals surface area contributed by atoms with Gasteiger partial charge in [0.2, 0.25) is 11.4 Å². The second kappa shape index (κ2) is 7.20. The van der Waals surface area contributed by atoms with Gasteiger partial charge >= 0.3 is 0 Å². The molecule has 0 spiro atoms. The normalized spacial score (nSPS) is 52.9. The van der Waals surface area contributed by atoms with Crippen molar-refractivity contribution in [2.24, 2.45) is 22.7 Å². The summed E-state index contributed by atoms with van der Waals surface area (Å²) >= 11 is 27.2. The Hall–Kier alpha value is -0.170. The first-order chi connectivity index (χ1) is 15.1. The summed E-state index contributed by atoms with van der Waals surface area (Å²) in [7, 11) is 0. The quantitative estimate of drug-likeness (QED) is 0.423. The minimum absolute atomic E-state index is 0.126. The number of ether oxygens (including phenoxy) is 2. The SMILES string of the molecule is CC1(C)O[C@@H]2C[C@H]3[C@@H]4C[C@H](Cl)C5=CC(=O)C=C[C@]5(C)[C@@]4(Cl)[C@@H](Cl)C[C@]3(C)[C@]2(C(=O)C(F)Cl)O1. The summed E-state index contributed by atoms with van der Waals surface area (Å²) in [6, 6.07) is 0. The first-order valence-corrected chi connectivity index (χ1v) is 13.0. The van der Waals surface area contributed by atoms with E-state index in [-0.39, 0.29) is 17.6 Å². The lowest BCUT2D eigenvalue weighted by Gasteiger charge is -2.64. The lowest BCUT2D eigenvalue weighted by Crippen LogP contribution is -2.69. The number of hydrogen-bond acceptors (Lipinski definition) is 4. The van der Waals surface area contributed by atoms with Gasteiger partial charge in [-0.1, -0.05) is 31.5 Å². The van der Waals surface area contributed by atoms with Crippen molar-refractivity contribution >= 4 is 58.0 Å². The van der Waals surface area contributed by atoms with Gasteiger partial charge in [-0.2, -0.15) is 0 Å². The van der Waals surface area contributed by atoms with Crippen LogP contribution in [0, 0.1) is 22.7 Å². The molecule has 33 heavy (non-hydrogen) atoms. The van der Waals surface area contributed by atoms with E-state index in [0.717, 1.165) is 5.57 Å². The van der Waals surface area contributed by atoms with Crippen LogP contribution in [0.4, 0.5) is 4.39 Å². The van der Waals surface area contributed by atoms with Crippen molar-refractivity contribution in [2.75, 3.05) is 0 Å². The molecule has 3 saturated carbocycles. The van der Waals surface area contributed by atoms with Crippen molar-refractivity contribution in [3.05, 3.63) is 23.8 Å². The molecule has 5 rings (SSSR count). The van der Waals surface area contributed by atoms with E-state index in [1.807, 2.05) is 19.9 Å². The topological polar surface area (TPSA) is 52.6 Å². The summed E-state index contributed by atoms with van der Waals surface area (Å²) in [5, 5.41) is -1.05. The molecule has 0 N–H and O–H groups in total. The van der Waals surface area contributed by atoms with Crippen molar-refractivity contribution in [3.63, 3.8) is 0 Å². The second-order valence-electron chi connectivity index (χ2n) is 11.1. The fraction of sp³-hybridized carbons (Fsp3) is 0.750.